The lowest BCUT2D eigenvalue weighted by atomic mass is 10.2. The summed E-state index contributed by atoms with van der Waals surface area (Å²) in [7, 11) is 0. The maximum Gasteiger partial charge on any atom is 0.257 e. The summed E-state index contributed by atoms with van der Waals surface area (Å²) >= 11 is 0. The molecule has 1 aromatic heterocycles. The fraction of sp³-hybridized carbons (Fsp3) is 0.217. The molecular formula is C23H22N6O. The second-order valence-electron chi connectivity index (χ2n) is 7.23. The minimum absolute atomic E-state index is 0.0520. The summed E-state index contributed by atoms with van der Waals surface area (Å²) in [5, 5.41) is 11.9. The molecule has 7 heteroatoms. The Balaban J connectivity index is 1.35. The topological polar surface area (TPSA) is 85.1 Å². The first-order chi connectivity index (χ1) is 14.6. The summed E-state index contributed by atoms with van der Waals surface area (Å²) in [5.41, 5.74) is 4.27. The number of benzene rings is 2. The molecule has 0 spiro atoms. The second-order valence-corrected chi connectivity index (χ2v) is 7.23. The molecule has 1 aliphatic heterocycles. The van der Waals surface area contributed by atoms with Crippen LogP contribution in [-0.2, 0) is 0 Å². The van der Waals surface area contributed by atoms with Gasteiger partial charge >= 0.3 is 0 Å². The zero-order valence-electron chi connectivity index (χ0n) is 16.7. The van der Waals surface area contributed by atoms with Gasteiger partial charge in [0.1, 0.15) is 0 Å². The van der Waals surface area contributed by atoms with E-state index in [1.807, 2.05) is 4.90 Å². The number of carbonyl (C=O) groups excluding carboxylic acids is 1. The molecule has 3 aromatic rings. The fourth-order valence-corrected chi connectivity index (χ4v) is 3.44. The van der Waals surface area contributed by atoms with E-state index >= 15 is 0 Å². The van der Waals surface area contributed by atoms with Gasteiger partial charge in [-0.1, -0.05) is 12.1 Å². The largest absolute Gasteiger partial charge is 0.368 e. The third kappa shape index (κ3) is 4.39. The van der Waals surface area contributed by atoms with E-state index < -0.39 is 0 Å². The van der Waals surface area contributed by atoms with E-state index in [-0.39, 0.29) is 5.91 Å². The van der Waals surface area contributed by atoms with Crippen LogP contribution in [0.25, 0.3) is 0 Å². The number of nitrogens with zero attached hydrogens (tertiary/aromatic N) is 5. The second kappa shape index (κ2) is 8.62. The lowest BCUT2D eigenvalue weighted by molar-refractivity contribution is 0.0746. The highest BCUT2D eigenvalue weighted by molar-refractivity contribution is 5.94. The first-order valence-electron chi connectivity index (χ1n) is 9.82. The number of amides is 1. The van der Waals surface area contributed by atoms with Crippen LogP contribution in [0.2, 0.25) is 0 Å². The summed E-state index contributed by atoms with van der Waals surface area (Å²) in [4.78, 5) is 25.5. The van der Waals surface area contributed by atoms with Gasteiger partial charge in [-0.2, -0.15) is 5.26 Å². The van der Waals surface area contributed by atoms with E-state index in [0.717, 1.165) is 18.8 Å². The Morgan fingerprint density at radius 1 is 1.03 bits per heavy atom. The molecule has 0 atom stereocenters. The Hall–Kier alpha value is -3.92. The number of aryl methyl sites for hydroxylation is 1. The quantitative estimate of drug-likeness (QED) is 0.725. The summed E-state index contributed by atoms with van der Waals surface area (Å²) in [6.45, 7) is 5.02. The van der Waals surface area contributed by atoms with Crippen molar-refractivity contribution in [1.82, 2.24) is 14.9 Å². The Morgan fingerprint density at radius 2 is 1.73 bits per heavy atom. The zero-order chi connectivity index (χ0) is 20.9. The monoisotopic (exact) mass is 398 g/mol. The fourth-order valence-electron chi connectivity index (χ4n) is 3.44. The van der Waals surface area contributed by atoms with Gasteiger partial charge in [0, 0.05) is 49.9 Å². The third-order valence-electron chi connectivity index (χ3n) is 5.10. The van der Waals surface area contributed by atoms with Crippen molar-refractivity contribution >= 4 is 23.2 Å². The van der Waals surface area contributed by atoms with Gasteiger partial charge in [-0.3, -0.25) is 4.79 Å². The van der Waals surface area contributed by atoms with Gasteiger partial charge in [-0.15, -0.1) is 0 Å². The number of piperazine rings is 1. The Labute approximate surface area is 175 Å². The molecule has 0 aliphatic carbocycles. The van der Waals surface area contributed by atoms with Gasteiger partial charge in [-0.05, 0) is 48.9 Å². The molecular weight excluding hydrogens is 376 g/mol. The van der Waals surface area contributed by atoms with Crippen LogP contribution in [-0.4, -0.2) is 47.0 Å². The van der Waals surface area contributed by atoms with Crippen molar-refractivity contribution in [3.63, 3.8) is 0 Å². The highest BCUT2D eigenvalue weighted by atomic mass is 16.2. The molecule has 0 unspecified atom stereocenters. The van der Waals surface area contributed by atoms with Crippen molar-refractivity contribution in [2.24, 2.45) is 0 Å². The SMILES string of the molecule is Cc1cccc(N2CCN(C(=O)c3cnc(Nc4ccc(C#N)cc4)nc3)CC2)c1. The molecule has 0 bridgehead atoms. The van der Waals surface area contributed by atoms with Crippen LogP contribution < -0.4 is 10.2 Å². The summed E-state index contributed by atoms with van der Waals surface area (Å²) in [6, 6.07) is 17.5. The van der Waals surface area contributed by atoms with Gasteiger partial charge < -0.3 is 15.1 Å². The van der Waals surface area contributed by atoms with Gasteiger partial charge in [-0.25, -0.2) is 9.97 Å². The average Bonchev–Trinajstić information content (AvgIpc) is 2.80. The summed E-state index contributed by atoms with van der Waals surface area (Å²) in [5.74, 6) is 0.351. The van der Waals surface area contributed by atoms with E-state index in [1.165, 1.54) is 11.3 Å². The Morgan fingerprint density at radius 3 is 2.37 bits per heavy atom. The molecule has 0 radical (unpaired) electrons. The van der Waals surface area contributed by atoms with Crippen molar-refractivity contribution in [2.45, 2.75) is 6.92 Å². The number of hydrogen-bond acceptors (Lipinski definition) is 6. The maximum absolute atomic E-state index is 12.8. The molecule has 2 heterocycles. The Bertz CT molecular complexity index is 1060. The lowest BCUT2D eigenvalue weighted by Crippen LogP contribution is -2.48. The van der Waals surface area contributed by atoms with Crippen LogP contribution in [0.1, 0.15) is 21.5 Å². The molecule has 2 aromatic carbocycles. The number of anilines is 3. The Kier molecular flexibility index (Phi) is 5.57. The molecule has 150 valence electrons. The van der Waals surface area contributed by atoms with Crippen LogP contribution in [0.4, 0.5) is 17.3 Å². The number of rotatable bonds is 4. The highest BCUT2D eigenvalue weighted by Crippen LogP contribution is 2.19. The number of nitriles is 1. The van der Waals surface area contributed by atoms with E-state index in [4.69, 9.17) is 5.26 Å². The molecule has 1 saturated heterocycles. The van der Waals surface area contributed by atoms with Crippen LogP contribution in [0.5, 0.6) is 0 Å². The van der Waals surface area contributed by atoms with Crippen LogP contribution in [0.15, 0.2) is 60.9 Å². The van der Waals surface area contributed by atoms with Crippen molar-refractivity contribution < 1.29 is 4.79 Å². The standard InChI is InChI=1S/C23H22N6O/c1-17-3-2-4-21(13-17)28-9-11-29(12-10-28)22(30)19-15-25-23(26-16-19)27-20-7-5-18(14-24)6-8-20/h2-8,13,15-16H,9-12H2,1H3,(H,25,26,27). The minimum Gasteiger partial charge on any atom is -0.368 e. The molecule has 30 heavy (non-hydrogen) atoms. The van der Waals surface area contributed by atoms with Crippen molar-refractivity contribution in [3.8, 4) is 6.07 Å². The van der Waals surface area contributed by atoms with E-state index in [0.29, 0.717) is 30.2 Å². The number of hydrogen-bond donors (Lipinski definition) is 1. The summed E-state index contributed by atoms with van der Waals surface area (Å²) in [6.07, 6.45) is 3.10. The predicted octanol–water partition coefficient (Wildman–Crippen LogP) is 3.36. The summed E-state index contributed by atoms with van der Waals surface area (Å²) < 4.78 is 0. The molecule has 7 nitrogen and oxygen atoms in total. The van der Waals surface area contributed by atoms with Crippen LogP contribution >= 0.6 is 0 Å². The van der Waals surface area contributed by atoms with Crippen LogP contribution in [0, 0.1) is 18.3 Å². The van der Waals surface area contributed by atoms with Crippen molar-refractivity contribution in [3.05, 3.63) is 77.6 Å². The lowest BCUT2D eigenvalue weighted by Gasteiger charge is -2.36. The van der Waals surface area contributed by atoms with E-state index in [9.17, 15) is 4.79 Å². The molecule has 1 amide bonds. The number of carbonyl (C=O) groups is 1. The van der Waals surface area contributed by atoms with Crippen molar-refractivity contribution in [1.29, 1.82) is 5.26 Å². The van der Waals surface area contributed by atoms with Gasteiger partial charge in [0.25, 0.3) is 5.91 Å². The van der Waals surface area contributed by atoms with E-state index in [2.05, 4.69) is 57.4 Å². The molecule has 0 saturated carbocycles. The molecule has 1 fully saturated rings. The molecule has 1 N–H and O–H groups in total. The first-order valence-corrected chi connectivity index (χ1v) is 9.82. The average molecular weight is 398 g/mol. The minimum atomic E-state index is -0.0520. The van der Waals surface area contributed by atoms with Crippen LogP contribution in [0.3, 0.4) is 0 Å². The van der Waals surface area contributed by atoms with Gasteiger partial charge in [0.15, 0.2) is 0 Å². The predicted molar refractivity (Wildman–Crippen MR) is 116 cm³/mol. The zero-order valence-corrected chi connectivity index (χ0v) is 16.7. The normalized spacial score (nSPS) is 13.6. The van der Waals surface area contributed by atoms with Crippen molar-refractivity contribution in [2.75, 3.05) is 36.4 Å². The smallest absolute Gasteiger partial charge is 0.257 e. The third-order valence-corrected chi connectivity index (χ3v) is 5.10. The molecule has 1 aliphatic rings. The number of nitrogens with one attached hydrogen (secondary N) is 1. The number of aromatic nitrogens is 2. The van der Waals surface area contributed by atoms with Gasteiger partial charge in [0.05, 0.1) is 17.2 Å². The van der Waals surface area contributed by atoms with E-state index in [1.54, 1.807) is 36.7 Å². The first kappa shape index (κ1) is 19.4. The molecule has 4 rings (SSSR count). The highest BCUT2D eigenvalue weighted by Gasteiger charge is 2.23. The van der Waals surface area contributed by atoms with Gasteiger partial charge in [0.2, 0.25) is 5.95 Å². The maximum atomic E-state index is 12.8.